The number of nitrogens with two attached hydrogens (primary N) is 1. The van der Waals surface area contributed by atoms with Gasteiger partial charge in [-0.15, -0.1) is 0 Å². The second-order valence-electron chi connectivity index (χ2n) is 4.93. The molecule has 0 spiro atoms. The van der Waals surface area contributed by atoms with Crippen LogP contribution in [0.5, 0.6) is 0 Å². The van der Waals surface area contributed by atoms with Crippen molar-refractivity contribution in [3.63, 3.8) is 0 Å². The molecular formula is C15H22N2O2. The molecule has 1 aliphatic rings. The third-order valence-corrected chi connectivity index (χ3v) is 3.39. The van der Waals surface area contributed by atoms with Crippen molar-refractivity contribution in [2.45, 2.75) is 38.3 Å². The lowest BCUT2D eigenvalue weighted by Gasteiger charge is -2.21. The monoisotopic (exact) mass is 262 g/mol. The van der Waals surface area contributed by atoms with Crippen molar-refractivity contribution in [3.8, 4) is 0 Å². The van der Waals surface area contributed by atoms with Crippen molar-refractivity contribution >= 4 is 5.91 Å². The van der Waals surface area contributed by atoms with Gasteiger partial charge in [-0.3, -0.25) is 4.79 Å². The molecule has 0 bridgehead atoms. The van der Waals surface area contributed by atoms with Crippen molar-refractivity contribution in [2.24, 2.45) is 5.73 Å². The number of carbonyl (C=O) groups excluding carboxylic acids is 1. The maximum Gasteiger partial charge on any atom is 0.249 e. The molecule has 0 aromatic heterocycles. The van der Waals surface area contributed by atoms with Gasteiger partial charge in [0.2, 0.25) is 5.91 Å². The fourth-order valence-corrected chi connectivity index (χ4v) is 2.24. The van der Waals surface area contributed by atoms with E-state index in [1.54, 1.807) is 0 Å². The molecule has 0 radical (unpaired) electrons. The summed E-state index contributed by atoms with van der Waals surface area (Å²) in [6, 6.07) is 8.19. The molecule has 1 aliphatic heterocycles. The summed E-state index contributed by atoms with van der Waals surface area (Å²) >= 11 is 0. The van der Waals surface area contributed by atoms with E-state index in [1.807, 2.05) is 12.1 Å². The number of benzene rings is 1. The lowest BCUT2D eigenvalue weighted by molar-refractivity contribution is -0.135. The summed E-state index contributed by atoms with van der Waals surface area (Å²) in [5, 5.41) is 2.93. The van der Waals surface area contributed by atoms with E-state index in [2.05, 4.69) is 17.4 Å². The topological polar surface area (TPSA) is 64.3 Å². The first-order chi connectivity index (χ1) is 9.29. The number of rotatable bonds is 5. The highest BCUT2D eigenvalue weighted by molar-refractivity contribution is 5.80. The predicted molar refractivity (Wildman–Crippen MR) is 74.6 cm³/mol. The van der Waals surface area contributed by atoms with Crippen LogP contribution in [0, 0.1) is 0 Å². The van der Waals surface area contributed by atoms with Crippen molar-refractivity contribution in [1.29, 1.82) is 0 Å². The number of nitrogens with one attached hydrogen (secondary N) is 1. The van der Waals surface area contributed by atoms with Crippen LogP contribution in [-0.4, -0.2) is 25.2 Å². The van der Waals surface area contributed by atoms with E-state index in [-0.39, 0.29) is 12.0 Å². The molecule has 3 N–H and O–H groups in total. The van der Waals surface area contributed by atoms with Crippen molar-refractivity contribution in [3.05, 3.63) is 35.4 Å². The Morgan fingerprint density at radius 3 is 2.63 bits per heavy atom. The zero-order valence-corrected chi connectivity index (χ0v) is 11.2. The fourth-order valence-electron chi connectivity index (χ4n) is 2.24. The molecule has 2 rings (SSSR count). The summed E-state index contributed by atoms with van der Waals surface area (Å²) < 4.78 is 5.45. The SMILES string of the molecule is NCCc1ccc(CNC(=O)C2CCCCO2)cc1. The average molecular weight is 262 g/mol. The first-order valence-corrected chi connectivity index (χ1v) is 6.97. The molecule has 4 nitrogen and oxygen atoms in total. The van der Waals surface area contributed by atoms with Gasteiger partial charge in [0, 0.05) is 13.2 Å². The minimum absolute atomic E-state index is 0.00531. The molecule has 1 unspecified atom stereocenters. The van der Waals surface area contributed by atoms with Crippen LogP contribution in [0.25, 0.3) is 0 Å². The Kier molecular flexibility index (Phi) is 5.36. The number of amides is 1. The van der Waals surface area contributed by atoms with Crippen LogP contribution in [0.1, 0.15) is 30.4 Å². The highest BCUT2D eigenvalue weighted by Gasteiger charge is 2.21. The average Bonchev–Trinajstić information content (AvgIpc) is 2.47. The van der Waals surface area contributed by atoms with Crippen molar-refractivity contribution < 1.29 is 9.53 Å². The van der Waals surface area contributed by atoms with E-state index in [0.717, 1.165) is 31.2 Å². The van der Waals surface area contributed by atoms with Gasteiger partial charge in [-0.1, -0.05) is 24.3 Å². The summed E-state index contributed by atoms with van der Waals surface area (Å²) in [4.78, 5) is 11.9. The minimum atomic E-state index is -0.259. The summed E-state index contributed by atoms with van der Waals surface area (Å²) in [5.41, 5.74) is 7.84. The molecule has 1 aromatic carbocycles. The minimum Gasteiger partial charge on any atom is -0.368 e. The Morgan fingerprint density at radius 1 is 1.26 bits per heavy atom. The zero-order valence-electron chi connectivity index (χ0n) is 11.2. The maximum atomic E-state index is 11.9. The molecule has 0 aliphatic carbocycles. The largest absolute Gasteiger partial charge is 0.368 e. The molecule has 4 heteroatoms. The van der Waals surface area contributed by atoms with Gasteiger partial charge in [0.15, 0.2) is 0 Å². The molecule has 1 amide bonds. The first-order valence-electron chi connectivity index (χ1n) is 6.97. The Balaban J connectivity index is 1.79. The molecule has 1 atom stereocenters. The molecule has 19 heavy (non-hydrogen) atoms. The lowest BCUT2D eigenvalue weighted by atomic mass is 10.1. The van der Waals surface area contributed by atoms with Crippen LogP contribution >= 0.6 is 0 Å². The van der Waals surface area contributed by atoms with E-state index < -0.39 is 0 Å². The normalized spacial score (nSPS) is 19.1. The first kappa shape index (κ1) is 14.0. The Hall–Kier alpha value is -1.39. The van der Waals surface area contributed by atoms with Gasteiger partial charge in [-0.05, 0) is 43.4 Å². The van der Waals surface area contributed by atoms with E-state index in [9.17, 15) is 4.79 Å². The van der Waals surface area contributed by atoms with Crippen LogP contribution in [0.3, 0.4) is 0 Å². The Morgan fingerprint density at radius 2 is 2.00 bits per heavy atom. The molecule has 104 valence electrons. The quantitative estimate of drug-likeness (QED) is 0.842. The van der Waals surface area contributed by atoms with Crippen LogP contribution in [0.2, 0.25) is 0 Å². The van der Waals surface area contributed by atoms with E-state index in [1.165, 1.54) is 5.56 Å². The van der Waals surface area contributed by atoms with Crippen LogP contribution < -0.4 is 11.1 Å². The maximum absolute atomic E-state index is 11.9. The number of carbonyl (C=O) groups is 1. The van der Waals surface area contributed by atoms with Gasteiger partial charge in [0.05, 0.1) is 0 Å². The van der Waals surface area contributed by atoms with E-state index >= 15 is 0 Å². The summed E-state index contributed by atoms with van der Waals surface area (Å²) in [7, 11) is 0. The van der Waals surface area contributed by atoms with Gasteiger partial charge >= 0.3 is 0 Å². The molecule has 1 saturated heterocycles. The van der Waals surface area contributed by atoms with Crippen LogP contribution in [0.4, 0.5) is 0 Å². The number of ether oxygens (including phenoxy) is 1. The van der Waals surface area contributed by atoms with Gasteiger partial charge in [0.25, 0.3) is 0 Å². The number of hydrogen-bond acceptors (Lipinski definition) is 3. The summed E-state index contributed by atoms with van der Waals surface area (Å²) in [6.45, 7) is 1.92. The third kappa shape index (κ3) is 4.33. The molecular weight excluding hydrogens is 240 g/mol. The van der Waals surface area contributed by atoms with Crippen molar-refractivity contribution in [1.82, 2.24) is 5.32 Å². The van der Waals surface area contributed by atoms with E-state index in [0.29, 0.717) is 19.7 Å². The Bertz CT molecular complexity index is 397. The standard InChI is InChI=1S/C15H22N2O2/c16-9-8-12-4-6-13(7-5-12)11-17-15(18)14-3-1-2-10-19-14/h4-7,14H,1-3,8-11,16H2,(H,17,18). The lowest BCUT2D eigenvalue weighted by Crippen LogP contribution is -2.37. The van der Waals surface area contributed by atoms with Crippen molar-refractivity contribution in [2.75, 3.05) is 13.2 Å². The van der Waals surface area contributed by atoms with Crippen LogP contribution in [-0.2, 0) is 22.5 Å². The number of hydrogen-bond donors (Lipinski definition) is 2. The summed E-state index contributed by atoms with van der Waals surface area (Å²) in [6.07, 6.45) is 3.60. The fraction of sp³-hybridized carbons (Fsp3) is 0.533. The summed E-state index contributed by atoms with van der Waals surface area (Å²) in [5.74, 6) is 0.00531. The smallest absolute Gasteiger partial charge is 0.249 e. The molecule has 0 saturated carbocycles. The van der Waals surface area contributed by atoms with Crippen LogP contribution in [0.15, 0.2) is 24.3 Å². The highest BCUT2D eigenvalue weighted by atomic mass is 16.5. The van der Waals surface area contributed by atoms with Gasteiger partial charge in [0.1, 0.15) is 6.10 Å². The third-order valence-electron chi connectivity index (χ3n) is 3.39. The molecule has 1 aromatic rings. The second-order valence-corrected chi connectivity index (χ2v) is 4.93. The molecule has 1 fully saturated rings. The predicted octanol–water partition coefficient (Wildman–Crippen LogP) is 1.37. The van der Waals surface area contributed by atoms with Gasteiger partial charge < -0.3 is 15.8 Å². The van der Waals surface area contributed by atoms with Gasteiger partial charge in [-0.25, -0.2) is 0 Å². The Labute approximate surface area is 114 Å². The van der Waals surface area contributed by atoms with Gasteiger partial charge in [-0.2, -0.15) is 0 Å². The van der Waals surface area contributed by atoms with E-state index in [4.69, 9.17) is 10.5 Å². The highest BCUT2D eigenvalue weighted by Crippen LogP contribution is 2.13. The zero-order chi connectivity index (χ0) is 13.5. The molecule has 1 heterocycles. The second kappa shape index (κ2) is 7.26.